The van der Waals surface area contributed by atoms with Gasteiger partial charge in [-0.15, -0.1) is 0 Å². The minimum atomic E-state index is -2.20. The molecule has 3 aromatic rings. The zero-order valence-corrected chi connectivity index (χ0v) is 18.9. The van der Waals surface area contributed by atoms with Crippen molar-refractivity contribution in [3.05, 3.63) is 102 Å². The van der Waals surface area contributed by atoms with Crippen LogP contribution in [-0.2, 0) is 17.3 Å². The predicted molar refractivity (Wildman–Crippen MR) is 125 cm³/mol. The maximum atomic E-state index is 7.40. The van der Waals surface area contributed by atoms with Gasteiger partial charge in [-0.25, -0.2) is 0 Å². The first kappa shape index (κ1) is 20.1. The minimum Gasteiger partial charge on any atom is -0.405 e. The van der Waals surface area contributed by atoms with Gasteiger partial charge in [0.25, 0.3) is 0 Å². The topological polar surface area (TPSA) is 9.23 Å². The fraction of sp³-hybridized carbons (Fsp3) is 0.333. The van der Waals surface area contributed by atoms with Crippen LogP contribution in [0.5, 0.6) is 0 Å². The third kappa shape index (κ3) is 4.10. The zero-order chi connectivity index (χ0) is 20.3. The van der Waals surface area contributed by atoms with Gasteiger partial charge in [-0.2, -0.15) is 0 Å². The highest BCUT2D eigenvalue weighted by atomic mass is 28.4. The average molecular weight is 401 g/mol. The lowest BCUT2D eigenvalue weighted by atomic mass is 10.0. The third-order valence-corrected chi connectivity index (χ3v) is 11.9. The second-order valence-electron chi connectivity index (χ2n) is 9.29. The summed E-state index contributed by atoms with van der Waals surface area (Å²) >= 11 is 0. The van der Waals surface area contributed by atoms with E-state index in [9.17, 15) is 0 Å². The average Bonchev–Trinajstić information content (AvgIpc) is 2.74. The lowest BCUT2D eigenvalue weighted by molar-refractivity contribution is 0.182. The van der Waals surface area contributed by atoms with Gasteiger partial charge in [0.15, 0.2) is 0 Å². The smallest absolute Gasteiger partial charge is 0.230 e. The van der Waals surface area contributed by atoms with Crippen molar-refractivity contribution >= 4 is 13.5 Å². The molecule has 0 N–H and O–H groups in total. The van der Waals surface area contributed by atoms with E-state index in [0.717, 1.165) is 6.42 Å². The van der Waals surface area contributed by atoms with Crippen LogP contribution in [0.25, 0.3) is 0 Å². The van der Waals surface area contributed by atoms with Crippen LogP contribution >= 0.6 is 0 Å². The molecule has 0 aliphatic carbocycles. The van der Waals surface area contributed by atoms with Gasteiger partial charge in [0, 0.05) is 6.42 Å². The zero-order valence-electron chi connectivity index (χ0n) is 17.9. The molecule has 1 aliphatic heterocycles. The summed E-state index contributed by atoms with van der Waals surface area (Å²) in [7, 11) is -2.20. The van der Waals surface area contributed by atoms with E-state index in [1.807, 2.05) is 0 Å². The Morgan fingerprint density at radius 2 is 1.45 bits per heavy atom. The Hall–Kier alpha value is -2.16. The fourth-order valence-corrected chi connectivity index (χ4v) is 9.74. The summed E-state index contributed by atoms with van der Waals surface area (Å²) in [5, 5.41) is 1.65. The van der Waals surface area contributed by atoms with E-state index in [2.05, 4.69) is 106 Å². The quantitative estimate of drug-likeness (QED) is 0.439. The van der Waals surface area contributed by atoms with Crippen LogP contribution in [-0.4, -0.2) is 8.32 Å². The molecule has 150 valence electrons. The number of aryl methyl sites for hydroxylation is 1. The van der Waals surface area contributed by atoms with Gasteiger partial charge < -0.3 is 4.43 Å². The maximum Gasteiger partial charge on any atom is 0.230 e. The lowest BCUT2D eigenvalue weighted by Crippen LogP contribution is -2.61. The van der Waals surface area contributed by atoms with E-state index >= 15 is 0 Å². The first-order valence-electron chi connectivity index (χ1n) is 10.8. The Morgan fingerprint density at radius 1 is 0.828 bits per heavy atom. The van der Waals surface area contributed by atoms with Crippen molar-refractivity contribution in [3.63, 3.8) is 0 Å². The highest BCUT2D eigenvalue weighted by molar-refractivity contribution is 6.89. The summed E-state index contributed by atoms with van der Waals surface area (Å²) in [5.74, 6) is 0. The van der Waals surface area contributed by atoms with Gasteiger partial charge in [0.05, 0.1) is 6.10 Å². The van der Waals surface area contributed by atoms with Gasteiger partial charge >= 0.3 is 0 Å². The minimum absolute atomic E-state index is 0.0793. The summed E-state index contributed by atoms with van der Waals surface area (Å²) in [6.45, 7) is 7.18. The summed E-state index contributed by atoms with van der Waals surface area (Å²) < 4.78 is 7.40. The van der Waals surface area contributed by atoms with Crippen molar-refractivity contribution in [2.24, 2.45) is 0 Å². The molecule has 1 heterocycles. The summed E-state index contributed by atoms with van der Waals surface area (Å²) in [5.41, 5.74) is 4.13. The number of fused-ring (bicyclic) bond motifs is 1. The van der Waals surface area contributed by atoms with E-state index in [4.69, 9.17) is 4.43 Å². The molecule has 0 aromatic heterocycles. The van der Waals surface area contributed by atoms with Crippen LogP contribution in [0, 0.1) is 0 Å². The first-order valence-corrected chi connectivity index (χ1v) is 13.0. The first-order chi connectivity index (χ1) is 14.0. The van der Waals surface area contributed by atoms with Crippen LogP contribution in [0.1, 0.15) is 50.0 Å². The number of benzene rings is 3. The number of hydrogen-bond donors (Lipinski definition) is 0. The van der Waals surface area contributed by atoms with E-state index in [1.54, 1.807) is 0 Å². The van der Waals surface area contributed by atoms with Crippen molar-refractivity contribution < 1.29 is 4.43 Å². The molecule has 0 fully saturated rings. The SMILES string of the molecule is CC(C)(C)[Si]1(O[C@@H](Cc2ccccc2)c2ccccc2)CCCc2ccccc21. The molecular weight excluding hydrogens is 368 g/mol. The van der Waals surface area contributed by atoms with Gasteiger partial charge in [-0.3, -0.25) is 0 Å². The van der Waals surface area contributed by atoms with E-state index in [0.29, 0.717) is 0 Å². The van der Waals surface area contributed by atoms with Crippen molar-refractivity contribution in [2.75, 3.05) is 0 Å². The molecular formula is C27H32OSi. The highest BCUT2D eigenvalue weighted by Crippen LogP contribution is 2.45. The number of hydrogen-bond acceptors (Lipinski definition) is 1. The van der Waals surface area contributed by atoms with Crippen molar-refractivity contribution in [2.45, 2.75) is 57.2 Å². The predicted octanol–water partition coefficient (Wildman–Crippen LogP) is 6.59. The molecule has 3 aromatic carbocycles. The largest absolute Gasteiger partial charge is 0.405 e. The number of rotatable bonds is 5. The molecule has 0 radical (unpaired) electrons. The second-order valence-corrected chi connectivity index (χ2v) is 13.7. The molecule has 0 spiro atoms. The molecule has 0 bridgehead atoms. The fourth-order valence-electron chi connectivity index (χ4n) is 4.84. The van der Waals surface area contributed by atoms with E-state index in [-0.39, 0.29) is 11.1 Å². The molecule has 29 heavy (non-hydrogen) atoms. The third-order valence-electron chi connectivity index (χ3n) is 6.42. The molecule has 1 nitrogen and oxygen atoms in total. The van der Waals surface area contributed by atoms with Crippen molar-refractivity contribution in [1.82, 2.24) is 0 Å². The van der Waals surface area contributed by atoms with E-state index in [1.165, 1.54) is 40.8 Å². The van der Waals surface area contributed by atoms with Crippen molar-refractivity contribution in [3.8, 4) is 0 Å². The molecule has 0 saturated carbocycles. The van der Waals surface area contributed by atoms with Crippen LogP contribution in [0.4, 0.5) is 0 Å². The molecule has 4 rings (SSSR count). The van der Waals surface area contributed by atoms with Gasteiger partial charge in [0.1, 0.15) is 0 Å². The molecule has 0 amide bonds. The van der Waals surface area contributed by atoms with Gasteiger partial charge in [0.2, 0.25) is 8.32 Å². The van der Waals surface area contributed by atoms with E-state index < -0.39 is 8.32 Å². The summed E-state index contributed by atoms with van der Waals surface area (Å²) in [4.78, 5) is 0. The molecule has 1 aliphatic rings. The standard InChI is InChI=1S/C27H32OSi/c1-27(2,3)29(20-12-18-24-17-10-11-19-26(24)29)28-25(23-15-8-5-9-16-23)21-22-13-6-4-7-14-22/h4-11,13-17,19,25H,12,18,20-21H2,1-3H3/t25-,29?/m0/s1. The van der Waals surface area contributed by atoms with Gasteiger partial charge in [-0.05, 0) is 45.8 Å². The van der Waals surface area contributed by atoms with Crippen LogP contribution in [0.15, 0.2) is 84.9 Å². The molecule has 2 heteroatoms. The molecule has 0 saturated heterocycles. The highest BCUT2D eigenvalue weighted by Gasteiger charge is 2.51. The maximum absolute atomic E-state index is 7.40. The Balaban J connectivity index is 1.78. The summed E-state index contributed by atoms with van der Waals surface area (Å²) in [6, 6.07) is 31.9. The van der Waals surface area contributed by atoms with Crippen LogP contribution in [0.2, 0.25) is 11.1 Å². The van der Waals surface area contributed by atoms with Crippen molar-refractivity contribution in [1.29, 1.82) is 0 Å². The monoisotopic (exact) mass is 400 g/mol. The van der Waals surface area contributed by atoms with Crippen LogP contribution < -0.4 is 5.19 Å². The Morgan fingerprint density at radius 3 is 2.14 bits per heavy atom. The molecule has 2 atom stereocenters. The second kappa shape index (κ2) is 8.29. The van der Waals surface area contributed by atoms with Gasteiger partial charge in [-0.1, -0.05) is 106 Å². The summed E-state index contributed by atoms with van der Waals surface area (Å²) in [6.07, 6.45) is 3.40. The Bertz CT molecular complexity index is 930. The Kier molecular flexibility index (Phi) is 5.76. The lowest BCUT2D eigenvalue weighted by Gasteiger charge is -2.48. The van der Waals surface area contributed by atoms with Crippen LogP contribution in [0.3, 0.4) is 0 Å². The Labute approximate surface area is 176 Å². The normalized spacial score (nSPS) is 20.1. The molecule has 1 unspecified atom stereocenters.